The van der Waals surface area contributed by atoms with Gasteiger partial charge in [0, 0.05) is 42.9 Å². The van der Waals surface area contributed by atoms with Crippen LogP contribution in [-0.4, -0.2) is 86.0 Å². The SMILES string of the molecule is COC(=O)CCCCN1C(=O)[C@@]2(O[C@@H](CCn3cc(C(CO)c4ccccc4)nn3)[C@H]([Si](C)(C)c3ccc(OC)cc3)[C@H]2C)c2cc(N3C(=O)COc4ccccc43)ccc21. The Kier molecular flexibility index (Phi) is 11.9. The number of aliphatic hydroxyl groups excluding tert-OH is 1. The van der Waals surface area contributed by atoms with Crippen molar-refractivity contribution in [1.82, 2.24) is 15.0 Å². The molecule has 1 saturated heterocycles. The smallest absolute Gasteiger partial charge is 0.305 e. The second-order valence-electron chi connectivity index (χ2n) is 16.7. The highest BCUT2D eigenvalue weighted by Gasteiger charge is 2.66. The number of carbonyl (C=O) groups excluding carboxylic acids is 3. The number of hydrogen-bond donors (Lipinski definition) is 1. The Labute approximate surface area is 357 Å². The van der Waals surface area contributed by atoms with Gasteiger partial charge in [-0.1, -0.05) is 85.0 Å². The molecule has 4 aromatic carbocycles. The van der Waals surface area contributed by atoms with Gasteiger partial charge in [0.25, 0.3) is 11.8 Å². The number of amides is 2. The molecule has 8 rings (SSSR count). The summed E-state index contributed by atoms with van der Waals surface area (Å²) in [5, 5.41) is 20.6. The number of anilines is 3. The van der Waals surface area contributed by atoms with Crippen molar-refractivity contribution < 1.29 is 38.4 Å². The second kappa shape index (κ2) is 17.3. The van der Waals surface area contributed by atoms with E-state index in [2.05, 4.69) is 42.5 Å². The second-order valence-corrected chi connectivity index (χ2v) is 21.4. The molecular formula is C47H53N5O8Si. The average molecular weight is 844 g/mol. The van der Waals surface area contributed by atoms with E-state index in [0.717, 1.165) is 22.6 Å². The minimum Gasteiger partial charge on any atom is -0.497 e. The zero-order valence-electron chi connectivity index (χ0n) is 35.3. The molecule has 13 nitrogen and oxygen atoms in total. The lowest BCUT2D eigenvalue weighted by molar-refractivity contribution is -0.146. The monoisotopic (exact) mass is 843 g/mol. The first-order valence-corrected chi connectivity index (χ1v) is 24.1. The summed E-state index contributed by atoms with van der Waals surface area (Å²) in [4.78, 5) is 44.6. The normalized spacial score (nSPS) is 21.3. The molecule has 3 aliphatic rings. The Balaban J connectivity index is 1.20. The molecule has 61 heavy (non-hydrogen) atoms. The first kappa shape index (κ1) is 41.9. The van der Waals surface area contributed by atoms with E-state index in [1.165, 1.54) is 12.3 Å². The van der Waals surface area contributed by atoms with Crippen LogP contribution in [0, 0.1) is 5.92 Å². The van der Waals surface area contributed by atoms with Crippen LogP contribution in [0.25, 0.3) is 0 Å². The van der Waals surface area contributed by atoms with Crippen LogP contribution in [0.1, 0.15) is 55.3 Å². The number of unbranched alkanes of at least 4 members (excludes halogenated alkanes) is 1. The fourth-order valence-electron chi connectivity index (χ4n) is 9.86. The van der Waals surface area contributed by atoms with Crippen LogP contribution >= 0.6 is 0 Å². The lowest BCUT2D eigenvalue weighted by Crippen LogP contribution is -2.52. The van der Waals surface area contributed by atoms with Gasteiger partial charge < -0.3 is 29.0 Å². The predicted octanol–water partition coefficient (Wildman–Crippen LogP) is 6.46. The number of esters is 1. The third-order valence-corrected chi connectivity index (χ3v) is 17.3. The molecule has 5 aromatic rings. The van der Waals surface area contributed by atoms with E-state index < -0.39 is 13.7 Å². The maximum atomic E-state index is 15.4. The maximum absolute atomic E-state index is 15.4. The molecule has 5 atom stereocenters. The van der Waals surface area contributed by atoms with Gasteiger partial charge in [0.05, 0.1) is 58.0 Å². The predicted molar refractivity (Wildman–Crippen MR) is 233 cm³/mol. The molecule has 4 heterocycles. The molecule has 0 radical (unpaired) electrons. The van der Waals surface area contributed by atoms with Crippen LogP contribution in [0.3, 0.4) is 0 Å². The zero-order chi connectivity index (χ0) is 42.9. The molecule has 0 bridgehead atoms. The lowest BCUT2D eigenvalue weighted by Gasteiger charge is -2.37. The van der Waals surface area contributed by atoms with Crippen LogP contribution in [0.15, 0.2) is 103 Å². The Morgan fingerprint density at radius 2 is 1.70 bits per heavy atom. The van der Waals surface area contributed by atoms with Crippen LogP contribution < -0.4 is 24.5 Å². The van der Waals surface area contributed by atoms with E-state index >= 15 is 4.79 Å². The minimum absolute atomic E-state index is 0.0520. The summed E-state index contributed by atoms with van der Waals surface area (Å²) < 4.78 is 25.5. The molecule has 1 fully saturated rings. The molecule has 1 unspecified atom stereocenters. The number of benzene rings is 4. The number of aryl methyl sites for hydroxylation is 1. The van der Waals surface area contributed by atoms with E-state index in [-0.39, 0.29) is 60.9 Å². The third kappa shape index (κ3) is 7.61. The number of carbonyl (C=O) groups is 3. The molecule has 3 aliphatic heterocycles. The van der Waals surface area contributed by atoms with Gasteiger partial charge >= 0.3 is 5.97 Å². The summed E-state index contributed by atoms with van der Waals surface area (Å²) in [7, 11) is 0.544. The standard InChI is InChI=1S/C47H53N5O8Si/c1-31-45(61(4,5)35-21-19-34(57-2)20-22-35)42(24-26-50-28-38(48-49-50)36(29-53)32-13-7-6-8-14-32)60-47(31)37-27-33(52-40-15-9-10-16-41(40)59-30-43(52)54)18-23-39(37)51(46(47)56)25-12-11-17-44(55)58-3/h6-10,13-16,18-23,27-28,31,36,42,45,53H,11-12,17,24-26,29-30H2,1-5H3/t31-,36?,42+,45-,47+/m1/s1. The molecule has 0 saturated carbocycles. The molecule has 1 N–H and O–H groups in total. The highest BCUT2D eigenvalue weighted by Crippen LogP contribution is 2.60. The summed E-state index contributed by atoms with van der Waals surface area (Å²) in [6.07, 6.45) is 3.43. The number of nitrogens with zero attached hydrogens (tertiary/aromatic N) is 5. The van der Waals surface area contributed by atoms with Gasteiger partial charge in [-0.2, -0.15) is 0 Å². The molecule has 0 aliphatic carbocycles. The van der Waals surface area contributed by atoms with E-state index in [4.69, 9.17) is 18.9 Å². The molecule has 1 aromatic heterocycles. The van der Waals surface area contributed by atoms with Crippen LogP contribution in [0.4, 0.5) is 17.1 Å². The van der Waals surface area contributed by atoms with Crippen molar-refractivity contribution in [3.05, 3.63) is 120 Å². The van der Waals surface area contributed by atoms with Gasteiger partial charge in [-0.25, -0.2) is 0 Å². The zero-order valence-corrected chi connectivity index (χ0v) is 36.3. The number of methoxy groups -OCH3 is 2. The Bertz CT molecular complexity index is 2390. The van der Waals surface area contributed by atoms with Gasteiger partial charge in [0.1, 0.15) is 11.5 Å². The Morgan fingerprint density at radius 1 is 0.951 bits per heavy atom. The van der Waals surface area contributed by atoms with E-state index in [0.29, 0.717) is 55.2 Å². The van der Waals surface area contributed by atoms with Gasteiger partial charge in [0.15, 0.2) is 12.2 Å². The fourth-order valence-corrected chi connectivity index (χ4v) is 13.9. The number of ether oxygens (including phenoxy) is 4. The van der Waals surface area contributed by atoms with Crippen molar-refractivity contribution >= 4 is 48.1 Å². The number of fused-ring (bicyclic) bond motifs is 3. The first-order chi connectivity index (χ1) is 29.5. The van der Waals surface area contributed by atoms with Crippen LogP contribution in [-0.2, 0) is 36.0 Å². The summed E-state index contributed by atoms with van der Waals surface area (Å²) >= 11 is 0. The van der Waals surface area contributed by atoms with Gasteiger partial charge in [-0.15, -0.1) is 5.10 Å². The van der Waals surface area contributed by atoms with Crippen molar-refractivity contribution in [2.75, 3.05) is 43.8 Å². The van der Waals surface area contributed by atoms with Crippen molar-refractivity contribution in [2.24, 2.45) is 5.92 Å². The van der Waals surface area contributed by atoms with Crippen molar-refractivity contribution in [2.45, 2.75) is 75.4 Å². The van der Waals surface area contributed by atoms with Crippen molar-refractivity contribution in [3.63, 3.8) is 0 Å². The van der Waals surface area contributed by atoms with E-state index in [1.807, 2.05) is 96.0 Å². The number of rotatable bonds is 15. The topological polar surface area (TPSA) is 146 Å². The number of aliphatic hydroxyl groups is 1. The molecular weight excluding hydrogens is 791 g/mol. The molecule has 14 heteroatoms. The van der Waals surface area contributed by atoms with Crippen molar-refractivity contribution in [3.8, 4) is 11.5 Å². The van der Waals surface area contributed by atoms with Gasteiger partial charge in [0.2, 0.25) is 0 Å². The van der Waals surface area contributed by atoms with Crippen molar-refractivity contribution in [1.29, 1.82) is 0 Å². The minimum atomic E-state index is -2.49. The molecule has 1 spiro atoms. The number of para-hydroxylation sites is 2. The Hall–Kier alpha value is -5.83. The number of aromatic nitrogens is 3. The molecule has 318 valence electrons. The Morgan fingerprint density at radius 3 is 2.44 bits per heavy atom. The maximum Gasteiger partial charge on any atom is 0.305 e. The summed E-state index contributed by atoms with van der Waals surface area (Å²) in [5.74, 6) is 0.0977. The summed E-state index contributed by atoms with van der Waals surface area (Å²) in [6.45, 7) is 7.45. The fraction of sp³-hybridized carbons (Fsp3) is 0.383. The first-order valence-electron chi connectivity index (χ1n) is 21.0. The largest absolute Gasteiger partial charge is 0.497 e. The quantitative estimate of drug-likeness (QED) is 0.0708. The van der Waals surface area contributed by atoms with Crippen LogP contribution in [0.2, 0.25) is 18.6 Å². The van der Waals surface area contributed by atoms with E-state index in [1.54, 1.807) is 16.7 Å². The molecule has 2 amide bonds. The van der Waals surface area contributed by atoms with Crippen LogP contribution in [0.5, 0.6) is 11.5 Å². The average Bonchev–Trinajstić information content (AvgIpc) is 3.94. The summed E-state index contributed by atoms with van der Waals surface area (Å²) in [5.41, 5.74) is 2.89. The highest BCUT2D eigenvalue weighted by molar-refractivity contribution is 6.91. The van der Waals surface area contributed by atoms with Gasteiger partial charge in [-0.3, -0.25) is 24.0 Å². The third-order valence-electron chi connectivity index (χ3n) is 13.0. The van der Waals surface area contributed by atoms with E-state index in [9.17, 15) is 14.7 Å². The van der Waals surface area contributed by atoms with Gasteiger partial charge in [-0.05, 0) is 72.8 Å². The highest BCUT2D eigenvalue weighted by atomic mass is 28.3. The summed E-state index contributed by atoms with van der Waals surface area (Å²) in [6, 6.07) is 31.2. The number of hydrogen-bond acceptors (Lipinski definition) is 10. The lowest BCUT2D eigenvalue weighted by atomic mass is 9.82.